The van der Waals surface area contributed by atoms with Crippen molar-refractivity contribution in [3.05, 3.63) is 30.1 Å². The number of benzene rings is 1. The van der Waals surface area contributed by atoms with E-state index in [1.54, 1.807) is 35.9 Å². The van der Waals surface area contributed by atoms with Crippen molar-refractivity contribution in [3.8, 4) is 11.8 Å². The Labute approximate surface area is 114 Å². The first kappa shape index (κ1) is 12.8. The summed E-state index contributed by atoms with van der Waals surface area (Å²) in [6, 6.07) is 5.89. The maximum absolute atomic E-state index is 5.74. The van der Waals surface area contributed by atoms with Crippen molar-refractivity contribution in [1.82, 2.24) is 14.8 Å². The largest absolute Gasteiger partial charge is 0.422 e. The van der Waals surface area contributed by atoms with Gasteiger partial charge in [0.15, 0.2) is 0 Å². The molecule has 0 unspecified atom stereocenters. The van der Waals surface area contributed by atoms with Gasteiger partial charge in [-0.15, -0.1) is 16.9 Å². The number of nitrogens with two attached hydrogens (primary N) is 1. The summed E-state index contributed by atoms with van der Waals surface area (Å²) in [5.74, 6) is 0.570. The van der Waals surface area contributed by atoms with E-state index in [0.29, 0.717) is 16.3 Å². The van der Waals surface area contributed by atoms with Gasteiger partial charge in [-0.05, 0) is 18.4 Å². The Morgan fingerprint density at radius 2 is 2.28 bits per heavy atom. The van der Waals surface area contributed by atoms with Crippen LogP contribution in [0.1, 0.15) is 5.56 Å². The molecule has 94 valence electrons. The standard InChI is InChI=1S/C11H12N4OS2/c1-15-6-13-11(14-15)16-7-4-3-5-8(18-2)9(7)10(12)17/h3-6H,1-2H3,(H2,12,17). The fraction of sp³-hybridized carbons (Fsp3) is 0.182. The van der Waals surface area contributed by atoms with E-state index in [1.165, 1.54) is 0 Å². The van der Waals surface area contributed by atoms with E-state index in [1.807, 2.05) is 18.4 Å². The quantitative estimate of drug-likeness (QED) is 0.682. The summed E-state index contributed by atoms with van der Waals surface area (Å²) in [6.45, 7) is 0. The van der Waals surface area contributed by atoms with Gasteiger partial charge in [0.25, 0.3) is 0 Å². The molecule has 5 nitrogen and oxygen atoms in total. The Morgan fingerprint density at radius 3 is 2.83 bits per heavy atom. The van der Waals surface area contributed by atoms with E-state index < -0.39 is 0 Å². The highest BCUT2D eigenvalue weighted by atomic mass is 32.2. The second kappa shape index (κ2) is 5.36. The lowest BCUT2D eigenvalue weighted by Crippen LogP contribution is -2.12. The summed E-state index contributed by atoms with van der Waals surface area (Å²) in [7, 11) is 1.77. The minimum Gasteiger partial charge on any atom is -0.422 e. The molecule has 1 aromatic carbocycles. The van der Waals surface area contributed by atoms with Crippen molar-refractivity contribution < 1.29 is 4.74 Å². The third-order valence-electron chi connectivity index (χ3n) is 2.23. The van der Waals surface area contributed by atoms with E-state index in [4.69, 9.17) is 22.7 Å². The molecule has 0 atom stereocenters. The lowest BCUT2D eigenvalue weighted by Gasteiger charge is -2.11. The van der Waals surface area contributed by atoms with Crippen LogP contribution in [-0.2, 0) is 7.05 Å². The summed E-state index contributed by atoms with van der Waals surface area (Å²) in [4.78, 5) is 5.27. The lowest BCUT2D eigenvalue weighted by molar-refractivity contribution is 0.437. The van der Waals surface area contributed by atoms with Gasteiger partial charge in [-0.3, -0.25) is 4.68 Å². The first-order chi connectivity index (χ1) is 8.61. The van der Waals surface area contributed by atoms with Crippen molar-refractivity contribution >= 4 is 29.0 Å². The maximum atomic E-state index is 5.74. The normalized spacial score (nSPS) is 10.3. The third kappa shape index (κ3) is 2.62. The molecule has 0 aliphatic carbocycles. The number of aromatic nitrogens is 3. The number of nitrogens with zero attached hydrogens (tertiary/aromatic N) is 3. The van der Waals surface area contributed by atoms with Gasteiger partial charge in [0.2, 0.25) is 0 Å². The van der Waals surface area contributed by atoms with Gasteiger partial charge in [-0.2, -0.15) is 4.98 Å². The molecule has 0 radical (unpaired) electrons. The fourth-order valence-electron chi connectivity index (χ4n) is 1.47. The Morgan fingerprint density at radius 1 is 1.50 bits per heavy atom. The van der Waals surface area contributed by atoms with Crippen LogP contribution in [0.4, 0.5) is 0 Å². The van der Waals surface area contributed by atoms with Gasteiger partial charge in [0, 0.05) is 11.9 Å². The van der Waals surface area contributed by atoms with Crippen molar-refractivity contribution in [3.63, 3.8) is 0 Å². The van der Waals surface area contributed by atoms with Gasteiger partial charge < -0.3 is 10.5 Å². The van der Waals surface area contributed by atoms with Crippen LogP contribution < -0.4 is 10.5 Å². The summed E-state index contributed by atoms with van der Waals surface area (Å²) < 4.78 is 7.17. The zero-order chi connectivity index (χ0) is 13.1. The van der Waals surface area contributed by atoms with Crippen LogP contribution >= 0.6 is 24.0 Å². The first-order valence-corrected chi connectivity index (χ1v) is 6.75. The SMILES string of the molecule is CSc1cccc(Oc2ncn(C)n2)c1C(N)=S. The second-order valence-corrected chi connectivity index (χ2v) is 4.79. The first-order valence-electron chi connectivity index (χ1n) is 5.12. The van der Waals surface area contributed by atoms with E-state index >= 15 is 0 Å². The summed E-state index contributed by atoms with van der Waals surface area (Å²) in [5.41, 5.74) is 6.46. The summed E-state index contributed by atoms with van der Waals surface area (Å²) in [5, 5.41) is 4.05. The molecule has 0 spiro atoms. The number of thiocarbonyl (C=S) groups is 1. The van der Waals surface area contributed by atoms with Gasteiger partial charge in [0.05, 0.1) is 5.56 Å². The van der Waals surface area contributed by atoms with Crippen LogP contribution in [0.3, 0.4) is 0 Å². The van der Waals surface area contributed by atoms with Crippen molar-refractivity contribution in [2.45, 2.75) is 4.90 Å². The fourth-order valence-corrected chi connectivity index (χ4v) is 2.38. The topological polar surface area (TPSA) is 66.0 Å². The number of aryl methyl sites for hydroxylation is 1. The Bertz CT molecular complexity index is 582. The van der Waals surface area contributed by atoms with Gasteiger partial charge >= 0.3 is 6.01 Å². The Kier molecular flexibility index (Phi) is 3.83. The van der Waals surface area contributed by atoms with E-state index in [9.17, 15) is 0 Å². The van der Waals surface area contributed by atoms with Crippen LogP contribution in [0.15, 0.2) is 29.4 Å². The zero-order valence-corrected chi connectivity index (χ0v) is 11.6. The molecule has 2 N–H and O–H groups in total. The molecule has 7 heteroatoms. The van der Waals surface area contributed by atoms with Crippen molar-refractivity contribution in [1.29, 1.82) is 0 Å². The molecule has 0 aliphatic heterocycles. The van der Waals surface area contributed by atoms with Crippen LogP contribution in [0.25, 0.3) is 0 Å². The zero-order valence-electron chi connectivity index (χ0n) is 9.95. The van der Waals surface area contributed by atoms with Crippen LogP contribution in [0, 0.1) is 0 Å². The number of rotatable bonds is 4. The number of hydrogen-bond donors (Lipinski definition) is 1. The van der Waals surface area contributed by atoms with Gasteiger partial charge in [-0.1, -0.05) is 18.3 Å². The molecule has 0 fully saturated rings. The smallest absolute Gasteiger partial charge is 0.341 e. The van der Waals surface area contributed by atoms with Gasteiger partial charge in [-0.25, -0.2) is 0 Å². The molecule has 0 saturated heterocycles. The van der Waals surface area contributed by atoms with E-state index in [2.05, 4.69) is 10.1 Å². The molecule has 1 heterocycles. The van der Waals surface area contributed by atoms with Crippen molar-refractivity contribution in [2.75, 3.05) is 6.26 Å². The predicted molar refractivity (Wildman–Crippen MR) is 75.2 cm³/mol. The van der Waals surface area contributed by atoms with E-state index in [0.717, 1.165) is 4.90 Å². The molecule has 1 aromatic heterocycles. The summed E-state index contributed by atoms with van der Waals surface area (Å²) >= 11 is 6.62. The monoisotopic (exact) mass is 280 g/mol. The summed E-state index contributed by atoms with van der Waals surface area (Å²) in [6.07, 6.45) is 3.52. The predicted octanol–water partition coefficient (Wildman–Crippen LogP) is 1.96. The molecule has 0 saturated carbocycles. The second-order valence-electron chi connectivity index (χ2n) is 3.50. The van der Waals surface area contributed by atoms with Crippen LogP contribution in [-0.4, -0.2) is 26.0 Å². The van der Waals surface area contributed by atoms with E-state index in [-0.39, 0.29) is 6.01 Å². The van der Waals surface area contributed by atoms with Crippen LogP contribution in [0.5, 0.6) is 11.8 Å². The average Bonchev–Trinajstić information content (AvgIpc) is 2.74. The molecular formula is C11H12N4OS2. The highest BCUT2D eigenvalue weighted by Crippen LogP contribution is 2.30. The lowest BCUT2D eigenvalue weighted by atomic mass is 10.2. The Hall–Kier alpha value is -1.60. The van der Waals surface area contributed by atoms with Crippen LogP contribution in [0.2, 0.25) is 0 Å². The average molecular weight is 280 g/mol. The highest BCUT2D eigenvalue weighted by molar-refractivity contribution is 7.98. The Balaban J connectivity index is 2.41. The number of thioether (sulfide) groups is 1. The molecule has 0 amide bonds. The van der Waals surface area contributed by atoms with Crippen molar-refractivity contribution in [2.24, 2.45) is 12.8 Å². The molecule has 0 bridgehead atoms. The maximum Gasteiger partial charge on any atom is 0.341 e. The third-order valence-corrected chi connectivity index (χ3v) is 3.22. The van der Waals surface area contributed by atoms with Gasteiger partial charge in [0.1, 0.15) is 17.1 Å². The molecule has 18 heavy (non-hydrogen) atoms. The molecular weight excluding hydrogens is 268 g/mol. The molecule has 0 aliphatic rings. The highest BCUT2D eigenvalue weighted by Gasteiger charge is 2.13. The minimum absolute atomic E-state index is 0.272. The molecule has 2 rings (SSSR count). The number of ether oxygens (including phenoxy) is 1. The minimum atomic E-state index is 0.272. The number of hydrogen-bond acceptors (Lipinski definition) is 5. The molecule has 2 aromatic rings.